The number of likely N-dealkylation sites (N-methyl/N-ethyl adjacent to an activating group) is 1. The van der Waals surface area contributed by atoms with Gasteiger partial charge in [0.15, 0.2) is 28.5 Å². The van der Waals surface area contributed by atoms with Crippen LogP contribution in [-0.2, 0) is 42.2 Å². The molecule has 3 aromatic carbocycles. The fraction of sp³-hybridized carbons (Fsp3) is 0.455. The van der Waals surface area contributed by atoms with E-state index in [1.54, 1.807) is 0 Å². The van der Waals surface area contributed by atoms with Crippen molar-refractivity contribution in [3.8, 4) is 34.8 Å². The summed E-state index contributed by atoms with van der Waals surface area (Å²) in [6.45, 7) is 6.18. The first-order valence-corrected chi connectivity index (χ1v) is 21.2. The van der Waals surface area contributed by atoms with Crippen LogP contribution < -0.4 is 24.3 Å². The number of aromatic hydroxyl groups is 1. The topological polar surface area (TPSA) is 185 Å². The van der Waals surface area contributed by atoms with Gasteiger partial charge in [-0.15, -0.1) is 11.8 Å². The number of methoxy groups -OCH3 is 1. The van der Waals surface area contributed by atoms with E-state index in [0.29, 0.717) is 63.8 Å². The Morgan fingerprint density at radius 1 is 1.07 bits per heavy atom. The van der Waals surface area contributed by atoms with Crippen molar-refractivity contribution in [2.75, 3.05) is 39.9 Å². The summed E-state index contributed by atoms with van der Waals surface area (Å²) in [6.07, 6.45) is 0.954. The average molecular weight is 836 g/mol. The number of nitrogens with zero attached hydrogens (tertiary/aromatic N) is 3. The molecule has 0 amide bonds. The molecule has 4 bridgehead atoms. The maximum absolute atomic E-state index is 15.2. The molecule has 1 aromatic heterocycles. The van der Waals surface area contributed by atoms with E-state index < -0.39 is 58.9 Å². The maximum Gasteiger partial charge on any atom is 0.333 e. The predicted octanol–water partition coefficient (Wildman–Crippen LogP) is 4.69. The zero-order chi connectivity index (χ0) is 41.9. The standard InChI is InChI=1S/C44H45N5O10S/c1-19-11-23-12-28-29(14-45)49-30-16-56-43(53)44(42-26(13-24(47-44)15-55-21(3)50)25-9-7-8-10-27(25)46-42)17-60-41(35(49)34(48(28)5)31(23)36(52)37(19)54-6)33-32(30)40-39(57-18-58-40)20(2)38(33)59-22(4)51/h7-11,24,28-30,34-35,41,46-47,52H,12-13,15-18H2,1-6H3/t24-,28-,29-,30-,34+,35+,41+,44+/m0/s1. The van der Waals surface area contributed by atoms with E-state index in [4.69, 9.17) is 28.4 Å². The number of aryl methyl sites for hydroxylation is 1. The van der Waals surface area contributed by atoms with Crippen LogP contribution in [0.5, 0.6) is 28.7 Å². The molecule has 3 N–H and O–H groups in total. The van der Waals surface area contributed by atoms with E-state index in [9.17, 15) is 20.0 Å². The Morgan fingerprint density at radius 3 is 2.60 bits per heavy atom. The van der Waals surface area contributed by atoms with Gasteiger partial charge in [-0.3, -0.25) is 24.7 Å². The van der Waals surface area contributed by atoms with E-state index in [1.165, 1.54) is 32.7 Å². The number of carbonyl (C=O) groups excluding carboxylic acids is 3. The molecular weight excluding hydrogens is 791 g/mol. The summed E-state index contributed by atoms with van der Waals surface area (Å²) in [5.74, 6) is 0.203. The van der Waals surface area contributed by atoms with Crippen molar-refractivity contribution in [2.24, 2.45) is 0 Å². The van der Waals surface area contributed by atoms with Crippen LogP contribution in [0.3, 0.4) is 0 Å². The number of para-hydroxylation sites is 1. The summed E-state index contributed by atoms with van der Waals surface area (Å²) >= 11 is 1.47. The highest BCUT2D eigenvalue weighted by atomic mass is 32.2. The van der Waals surface area contributed by atoms with Crippen LogP contribution in [0.15, 0.2) is 30.3 Å². The third kappa shape index (κ3) is 5.41. The molecule has 8 heterocycles. The number of hydrogen-bond donors (Lipinski definition) is 3. The lowest BCUT2D eigenvalue weighted by Crippen LogP contribution is -2.69. The lowest BCUT2D eigenvalue weighted by Gasteiger charge is -2.62. The summed E-state index contributed by atoms with van der Waals surface area (Å²) < 4.78 is 36.4. The largest absolute Gasteiger partial charge is 0.504 e. The Hall–Kier alpha value is -5.47. The van der Waals surface area contributed by atoms with E-state index in [-0.39, 0.29) is 37.6 Å². The normalized spacial score (nSPS) is 28.8. The first-order valence-electron chi connectivity index (χ1n) is 20.1. The van der Waals surface area contributed by atoms with Gasteiger partial charge in [-0.1, -0.05) is 24.3 Å². The Bertz CT molecular complexity index is 2570. The minimum atomic E-state index is -1.47. The number of thioether (sulfide) groups is 1. The van der Waals surface area contributed by atoms with E-state index in [2.05, 4.69) is 26.2 Å². The Balaban J connectivity index is 1.24. The van der Waals surface area contributed by atoms with E-state index in [1.807, 2.05) is 51.2 Å². The molecule has 7 aliphatic rings. The molecule has 0 aliphatic carbocycles. The number of benzene rings is 3. The molecule has 312 valence electrons. The fourth-order valence-electron chi connectivity index (χ4n) is 11.1. The summed E-state index contributed by atoms with van der Waals surface area (Å²) in [7, 11) is 3.53. The van der Waals surface area contributed by atoms with Gasteiger partial charge >= 0.3 is 17.9 Å². The number of aromatic nitrogens is 1. The molecular formula is C44H45N5O10S. The molecule has 11 rings (SSSR count). The molecule has 0 unspecified atom stereocenters. The molecule has 60 heavy (non-hydrogen) atoms. The maximum atomic E-state index is 15.2. The number of hydrogen-bond acceptors (Lipinski definition) is 15. The lowest BCUT2D eigenvalue weighted by atomic mass is 9.71. The summed E-state index contributed by atoms with van der Waals surface area (Å²) in [5, 5.41) is 27.3. The van der Waals surface area contributed by atoms with E-state index in [0.717, 1.165) is 27.6 Å². The Labute approximate surface area is 350 Å². The molecule has 8 atom stereocenters. The predicted molar refractivity (Wildman–Crippen MR) is 217 cm³/mol. The molecule has 4 aromatic rings. The number of esters is 3. The smallest absolute Gasteiger partial charge is 0.333 e. The Morgan fingerprint density at radius 2 is 1.85 bits per heavy atom. The van der Waals surface area contributed by atoms with Gasteiger partial charge in [0.05, 0.1) is 36.2 Å². The van der Waals surface area contributed by atoms with Gasteiger partial charge in [0.1, 0.15) is 25.0 Å². The van der Waals surface area contributed by atoms with Crippen LogP contribution in [0.1, 0.15) is 75.8 Å². The molecule has 1 spiro atoms. The second-order valence-electron chi connectivity index (χ2n) is 16.6. The summed E-state index contributed by atoms with van der Waals surface area (Å²) in [5.41, 5.74) is 5.24. The average Bonchev–Trinajstić information content (AvgIpc) is 3.86. The number of phenolic OH excluding ortho intramolecular Hbond substituents is 1. The van der Waals surface area contributed by atoms with Crippen LogP contribution in [0, 0.1) is 25.2 Å². The number of ether oxygens (including phenoxy) is 6. The number of carbonyl (C=O) groups is 3. The van der Waals surface area contributed by atoms with Gasteiger partial charge in [-0.2, -0.15) is 5.26 Å². The van der Waals surface area contributed by atoms with Crippen molar-refractivity contribution >= 4 is 40.6 Å². The number of aromatic amines is 1. The monoisotopic (exact) mass is 835 g/mol. The zero-order valence-electron chi connectivity index (χ0n) is 34.0. The lowest BCUT2D eigenvalue weighted by molar-refractivity contribution is -0.158. The van der Waals surface area contributed by atoms with Gasteiger partial charge in [0.25, 0.3) is 0 Å². The molecule has 15 nitrogen and oxygen atoms in total. The molecule has 0 radical (unpaired) electrons. The quantitative estimate of drug-likeness (QED) is 0.190. The van der Waals surface area contributed by atoms with Crippen LogP contribution in [0.2, 0.25) is 0 Å². The van der Waals surface area contributed by atoms with Crippen LogP contribution in [0.4, 0.5) is 0 Å². The van der Waals surface area contributed by atoms with Gasteiger partial charge in [-0.05, 0) is 56.5 Å². The molecule has 16 heteroatoms. The van der Waals surface area contributed by atoms with Gasteiger partial charge < -0.3 is 38.5 Å². The first kappa shape index (κ1) is 38.7. The van der Waals surface area contributed by atoms with Crippen LogP contribution >= 0.6 is 11.8 Å². The van der Waals surface area contributed by atoms with Crippen molar-refractivity contribution in [2.45, 2.75) is 87.6 Å². The van der Waals surface area contributed by atoms with Gasteiger partial charge in [-0.25, -0.2) is 4.79 Å². The number of H-pyrrole nitrogens is 1. The van der Waals surface area contributed by atoms with Gasteiger partial charge in [0, 0.05) is 70.9 Å². The second-order valence-corrected chi connectivity index (χ2v) is 17.7. The second kappa shape index (κ2) is 14.1. The summed E-state index contributed by atoms with van der Waals surface area (Å²) in [6, 6.07) is 9.23. The molecule has 7 aliphatic heterocycles. The number of nitriles is 1. The highest BCUT2D eigenvalue weighted by Crippen LogP contribution is 2.64. The van der Waals surface area contributed by atoms with E-state index >= 15 is 4.79 Å². The van der Waals surface area contributed by atoms with Crippen molar-refractivity contribution in [1.82, 2.24) is 20.1 Å². The highest BCUT2D eigenvalue weighted by Gasteiger charge is 2.62. The number of fused-ring (bicyclic) bond motifs is 11. The van der Waals surface area contributed by atoms with Crippen molar-refractivity contribution < 1.29 is 47.9 Å². The number of piperazine rings is 1. The van der Waals surface area contributed by atoms with Crippen molar-refractivity contribution in [3.05, 3.63) is 75.0 Å². The van der Waals surface area contributed by atoms with Crippen LogP contribution in [-0.4, -0.2) is 102 Å². The highest BCUT2D eigenvalue weighted by molar-refractivity contribution is 7.99. The minimum Gasteiger partial charge on any atom is -0.504 e. The third-order valence-electron chi connectivity index (χ3n) is 13.4. The van der Waals surface area contributed by atoms with Crippen molar-refractivity contribution in [3.63, 3.8) is 0 Å². The SMILES string of the molecule is COc1c(C)cc2c(c1O)[C@@H]1[C@@H]3[C@@H]4SC[C@]5(N[C@H](COC(C)=O)Cc6c5[nH]c5ccccc65)C(=O)OC[C@@H](c5c6c(c(C)c(OC(C)=O)c54)OCO6)N3[C@@H](C#N)[C@H](C2)N1C. The van der Waals surface area contributed by atoms with Crippen LogP contribution in [0.25, 0.3) is 10.9 Å². The zero-order valence-corrected chi connectivity index (χ0v) is 34.9. The summed E-state index contributed by atoms with van der Waals surface area (Å²) in [4.78, 5) is 48.3. The number of nitrogens with one attached hydrogen (secondary N) is 2. The third-order valence-corrected chi connectivity index (χ3v) is 14.9. The fourth-order valence-corrected chi connectivity index (χ4v) is 12.7. The number of phenols is 1. The van der Waals surface area contributed by atoms with Gasteiger partial charge in [0.2, 0.25) is 6.79 Å². The first-order chi connectivity index (χ1) is 28.9. The molecule has 2 saturated heterocycles. The molecule has 0 saturated carbocycles. The van der Waals surface area contributed by atoms with Crippen molar-refractivity contribution in [1.29, 1.82) is 5.26 Å². The number of rotatable bonds is 4. The minimum absolute atomic E-state index is 0.0218. The molecule has 2 fully saturated rings. The Kier molecular flexibility index (Phi) is 9.07.